The SMILES string of the molecule is CCCCCc1nc(-c2ccc3[nH]ccc3c2)cc2ccccc12. The summed E-state index contributed by atoms with van der Waals surface area (Å²) in [7, 11) is 0. The summed E-state index contributed by atoms with van der Waals surface area (Å²) in [5.74, 6) is 0. The Morgan fingerprint density at radius 2 is 1.83 bits per heavy atom. The second-order valence-corrected chi connectivity index (χ2v) is 6.41. The number of aromatic amines is 1. The molecule has 0 saturated heterocycles. The van der Waals surface area contributed by atoms with Crippen LogP contribution in [0.25, 0.3) is 32.9 Å². The number of rotatable bonds is 5. The van der Waals surface area contributed by atoms with E-state index < -0.39 is 0 Å². The number of unbranched alkanes of at least 4 members (excludes halogenated alkanes) is 2. The standard InChI is InChI=1S/C22H22N2/c1-2-3-4-9-21-19-8-6-5-7-16(19)15-22(24-21)17-10-11-20-18(14-17)12-13-23-20/h5-8,10-15,23H,2-4,9H2,1H3. The highest BCUT2D eigenvalue weighted by atomic mass is 14.7. The van der Waals surface area contributed by atoms with Crippen molar-refractivity contribution in [2.24, 2.45) is 0 Å². The normalized spacial score (nSPS) is 11.4. The van der Waals surface area contributed by atoms with Gasteiger partial charge in [-0.3, -0.25) is 4.98 Å². The summed E-state index contributed by atoms with van der Waals surface area (Å²) >= 11 is 0. The molecule has 120 valence electrons. The molecule has 4 rings (SSSR count). The highest BCUT2D eigenvalue weighted by Gasteiger charge is 2.08. The van der Waals surface area contributed by atoms with E-state index in [0.717, 1.165) is 12.1 Å². The topological polar surface area (TPSA) is 28.7 Å². The molecule has 4 aromatic rings. The van der Waals surface area contributed by atoms with Crippen LogP contribution in [0.5, 0.6) is 0 Å². The van der Waals surface area contributed by atoms with E-state index in [1.165, 1.54) is 52.2 Å². The van der Waals surface area contributed by atoms with Crippen molar-refractivity contribution >= 4 is 21.7 Å². The number of hydrogen-bond donors (Lipinski definition) is 1. The molecule has 0 aliphatic carbocycles. The first kappa shape index (κ1) is 14.9. The van der Waals surface area contributed by atoms with Crippen LogP contribution >= 0.6 is 0 Å². The second-order valence-electron chi connectivity index (χ2n) is 6.41. The van der Waals surface area contributed by atoms with Gasteiger partial charge in [-0.2, -0.15) is 0 Å². The Balaban J connectivity index is 1.82. The van der Waals surface area contributed by atoms with E-state index in [1.807, 2.05) is 6.20 Å². The van der Waals surface area contributed by atoms with E-state index in [-0.39, 0.29) is 0 Å². The molecule has 0 aliphatic rings. The average Bonchev–Trinajstić information content (AvgIpc) is 3.09. The number of aryl methyl sites for hydroxylation is 1. The van der Waals surface area contributed by atoms with Crippen LogP contribution in [0.4, 0.5) is 0 Å². The van der Waals surface area contributed by atoms with Crippen LogP contribution < -0.4 is 0 Å². The maximum atomic E-state index is 5.02. The van der Waals surface area contributed by atoms with E-state index in [0.29, 0.717) is 0 Å². The molecule has 2 aromatic carbocycles. The minimum absolute atomic E-state index is 1.05. The van der Waals surface area contributed by atoms with Gasteiger partial charge in [0.15, 0.2) is 0 Å². The fourth-order valence-corrected chi connectivity index (χ4v) is 3.36. The summed E-state index contributed by atoms with van der Waals surface area (Å²) in [5.41, 5.74) is 4.65. The highest BCUT2D eigenvalue weighted by Crippen LogP contribution is 2.28. The van der Waals surface area contributed by atoms with Gasteiger partial charge in [-0.05, 0) is 42.5 Å². The smallest absolute Gasteiger partial charge is 0.0711 e. The van der Waals surface area contributed by atoms with Crippen molar-refractivity contribution in [3.05, 3.63) is 66.5 Å². The summed E-state index contributed by atoms with van der Waals surface area (Å²) in [6, 6.07) is 19.5. The Morgan fingerprint density at radius 3 is 2.75 bits per heavy atom. The molecule has 2 heteroatoms. The van der Waals surface area contributed by atoms with Crippen molar-refractivity contribution in [2.45, 2.75) is 32.6 Å². The molecule has 1 N–H and O–H groups in total. The third kappa shape index (κ3) is 2.80. The lowest BCUT2D eigenvalue weighted by molar-refractivity contribution is 0.711. The molecule has 2 nitrogen and oxygen atoms in total. The van der Waals surface area contributed by atoms with Crippen LogP contribution in [0.15, 0.2) is 60.8 Å². The van der Waals surface area contributed by atoms with Crippen LogP contribution in [0.2, 0.25) is 0 Å². The monoisotopic (exact) mass is 314 g/mol. The molecular formula is C22H22N2. The van der Waals surface area contributed by atoms with E-state index in [2.05, 4.69) is 66.5 Å². The second kappa shape index (κ2) is 6.48. The first-order valence-electron chi connectivity index (χ1n) is 8.81. The van der Waals surface area contributed by atoms with Crippen LogP contribution in [0, 0.1) is 0 Å². The summed E-state index contributed by atoms with van der Waals surface area (Å²) in [6.45, 7) is 2.24. The van der Waals surface area contributed by atoms with Crippen LogP contribution in [0.1, 0.15) is 31.9 Å². The van der Waals surface area contributed by atoms with Gasteiger partial charge < -0.3 is 4.98 Å². The van der Waals surface area contributed by atoms with Crippen LogP contribution in [-0.2, 0) is 6.42 Å². The number of nitrogens with one attached hydrogen (secondary N) is 1. The molecule has 2 aromatic heterocycles. The Morgan fingerprint density at radius 1 is 0.917 bits per heavy atom. The number of nitrogens with zero attached hydrogens (tertiary/aromatic N) is 1. The molecule has 0 amide bonds. The zero-order valence-corrected chi connectivity index (χ0v) is 14.0. The van der Waals surface area contributed by atoms with E-state index in [9.17, 15) is 0 Å². The minimum atomic E-state index is 1.05. The summed E-state index contributed by atoms with van der Waals surface area (Å²) in [5, 5.41) is 3.80. The molecule has 0 atom stereocenters. The van der Waals surface area contributed by atoms with Crippen LogP contribution in [0.3, 0.4) is 0 Å². The molecule has 0 fully saturated rings. The van der Waals surface area contributed by atoms with Gasteiger partial charge in [0.25, 0.3) is 0 Å². The van der Waals surface area contributed by atoms with Gasteiger partial charge in [-0.15, -0.1) is 0 Å². The lowest BCUT2D eigenvalue weighted by Gasteiger charge is -2.10. The molecule has 0 saturated carbocycles. The summed E-state index contributed by atoms with van der Waals surface area (Å²) < 4.78 is 0. The fourth-order valence-electron chi connectivity index (χ4n) is 3.36. The average molecular weight is 314 g/mol. The molecule has 0 aliphatic heterocycles. The largest absolute Gasteiger partial charge is 0.361 e. The Bertz CT molecular complexity index is 982. The van der Waals surface area contributed by atoms with Crippen molar-refractivity contribution in [3.63, 3.8) is 0 Å². The molecule has 0 bridgehead atoms. The molecule has 2 heterocycles. The number of aromatic nitrogens is 2. The van der Waals surface area contributed by atoms with Crippen molar-refractivity contribution in [2.75, 3.05) is 0 Å². The van der Waals surface area contributed by atoms with E-state index in [1.54, 1.807) is 0 Å². The molecule has 0 unspecified atom stereocenters. The number of H-pyrrole nitrogens is 1. The van der Waals surface area contributed by atoms with Crippen molar-refractivity contribution in [3.8, 4) is 11.3 Å². The van der Waals surface area contributed by atoms with Gasteiger partial charge in [0.05, 0.1) is 5.69 Å². The van der Waals surface area contributed by atoms with Crippen molar-refractivity contribution < 1.29 is 0 Å². The van der Waals surface area contributed by atoms with Crippen molar-refractivity contribution in [1.29, 1.82) is 0 Å². The first-order chi connectivity index (χ1) is 11.8. The zero-order chi connectivity index (χ0) is 16.4. The molecule has 0 spiro atoms. The Labute approximate surface area is 142 Å². The predicted molar refractivity (Wildman–Crippen MR) is 102 cm³/mol. The zero-order valence-electron chi connectivity index (χ0n) is 14.0. The fraction of sp³-hybridized carbons (Fsp3) is 0.227. The molecular weight excluding hydrogens is 292 g/mol. The summed E-state index contributed by atoms with van der Waals surface area (Å²) in [6.07, 6.45) is 6.73. The van der Waals surface area contributed by atoms with Gasteiger partial charge in [0.1, 0.15) is 0 Å². The van der Waals surface area contributed by atoms with Gasteiger partial charge in [-0.1, -0.05) is 50.1 Å². The van der Waals surface area contributed by atoms with Gasteiger partial charge in [0.2, 0.25) is 0 Å². The third-order valence-corrected chi connectivity index (χ3v) is 4.69. The first-order valence-corrected chi connectivity index (χ1v) is 8.81. The molecule has 0 radical (unpaired) electrons. The van der Waals surface area contributed by atoms with E-state index >= 15 is 0 Å². The number of fused-ring (bicyclic) bond motifs is 2. The third-order valence-electron chi connectivity index (χ3n) is 4.69. The number of hydrogen-bond acceptors (Lipinski definition) is 1. The Kier molecular flexibility index (Phi) is 4.04. The maximum absolute atomic E-state index is 5.02. The minimum Gasteiger partial charge on any atom is -0.361 e. The van der Waals surface area contributed by atoms with Gasteiger partial charge in [-0.25, -0.2) is 0 Å². The quantitative estimate of drug-likeness (QED) is 0.442. The predicted octanol–water partition coefficient (Wildman–Crippen LogP) is 6.12. The lowest BCUT2D eigenvalue weighted by Crippen LogP contribution is -1.95. The maximum Gasteiger partial charge on any atom is 0.0711 e. The van der Waals surface area contributed by atoms with E-state index in [4.69, 9.17) is 4.98 Å². The number of benzene rings is 2. The van der Waals surface area contributed by atoms with Crippen LogP contribution in [-0.4, -0.2) is 9.97 Å². The van der Waals surface area contributed by atoms with Crippen molar-refractivity contribution in [1.82, 2.24) is 9.97 Å². The summed E-state index contributed by atoms with van der Waals surface area (Å²) in [4.78, 5) is 8.28. The van der Waals surface area contributed by atoms with Gasteiger partial charge >= 0.3 is 0 Å². The number of pyridine rings is 1. The Hall–Kier alpha value is -2.61. The van der Waals surface area contributed by atoms with Gasteiger partial charge in [0, 0.05) is 33.7 Å². The lowest BCUT2D eigenvalue weighted by atomic mass is 10.0. The molecule has 24 heavy (non-hydrogen) atoms. The highest BCUT2D eigenvalue weighted by molar-refractivity contribution is 5.90.